The van der Waals surface area contributed by atoms with Crippen LogP contribution < -0.4 is 0 Å². The molecule has 17 heavy (non-hydrogen) atoms. The summed E-state index contributed by atoms with van der Waals surface area (Å²) in [4.78, 5) is 0. The number of halogens is 2. The van der Waals surface area contributed by atoms with Gasteiger partial charge in [0, 0.05) is 7.11 Å². The van der Waals surface area contributed by atoms with E-state index in [1.165, 1.54) is 6.07 Å². The molecular formula is C13H18BrFO2. The lowest BCUT2D eigenvalue weighted by molar-refractivity contribution is 0.0851. The summed E-state index contributed by atoms with van der Waals surface area (Å²) in [6.07, 6.45) is 1.57. The quantitative estimate of drug-likeness (QED) is 0.874. The van der Waals surface area contributed by atoms with Crippen LogP contribution in [-0.2, 0) is 11.2 Å². The van der Waals surface area contributed by atoms with Crippen LogP contribution >= 0.6 is 15.9 Å². The summed E-state index contributed by atoms with van der Waals surface area (Å²) in [6.45, 7) is 1.96. The zero-order valence-electron chi connectivity index (χ0n) is 10.1. The van der Waals surface area contributed by atoms with Crippen LogP contribution in [0.15, 0.2) is 22.7 Å². The van der Waals surface area contributed by atoms with Gasteiger partial charge in [-0.15, -0.1) is 0 Å². The molecule has 0 heterocycles. The minimum absolute atomic E-state index is 0.139. The van der Waals surface area contributed by atoms with Crippen LogP contribution in [0, 0.1) is 5.82 Å². The Kier molecular flexibility index (Phi) is 6.09. The largest absolute Gasteiger partial charge is 0.393 e. The summed E-state index contributed by atoms with van der Waals surface area (Å²) < 4.78 is 18.8. The van der Waals surface area contributed by atoms with E-state index in [9.17, 15) is 9.50 Å². The van der Waals surface area contributed by atoms with Crippen LogP contribution in [0.5, 0.6) is 0 Å². The number of ether oxygens (including phenoxy) is 1. The number of benzene rings is 1. The molecule has 1 rings (SSSR count). The molecule has 96 valence electrons. The summed E-state index contributed by atoms with van der Waals surface area (Å²) in [5.74, 6) is -0.292. The molecule has 0 radical (unpaired) electrons. The molecule has 0 saturated heterocycles. The zero-order chi connectivity index (χ0) is 12.8. The van der Waals surface area contributed by atoms with Gasteiger partial charge in [0.2, 0.25) is 0 Å². The number of hydrogen-bond donors (Lipinski definition) is 1. The van der Waals surface area contributed by atoms with E-state index in [-0.39, 0.29) is 11.9 Å². The van der Waals surface area contributed by atoms with Gasteiger partial charge in [0.25, 0.3) is 0 Å². The van der Waals surface area contributed by atoms with Crippen LogP contribution in [0.4, 0.5) is 4.39 Å². The van der Waals surface area contributed by atoms with E-state index >= 15 is 0 Å². The highest BCUT2D eigenvalue weighted by atomic mass is 79.9. The zero-order valence-corrected chi connectivity index (χ0v) is 11.7. The van der Waals surface area contributed by atoms with Crippen molar-refractivity contribution >= 4 is 15.9 Å². The van der Waals surface area contributed by atoms with E-state index in [0.717, 1.165) is 12.0 Å². The van der Waals surface area contributed by atoms with Crippen molar-refractivity contribution in [2.24, 2.45) is 0 Å². The standard InChI is InChI=1S/C13H18BrFO2/c1-9(17-2)6-7-11(16)8-10-4-3-5-12(15)13(10)14/h3-5,9,11,16H,6-8H2,1-2H3. The summed E-state index contributed by atoms with van der Waals surface area (Å²) in [6, 6.07) is 4.86. The van der Waals surface area contributed by atoms with Crippen molar-refractivity contribution in [1.29, 1.82) is 0 Å². The second-order valence-electron chi connectivity index (χ2n) is 4.19. The highest BCUT2D eigenvalue weighted by molar-refractivity contribution is 9.10. The van der Waals surface area contributed by atoms with Crippen molar-refractivity contribution in [3.05, 3.63) is 34.1 Å². The summed E-state index contributed by atoms with van der Waals surface area (Å²) in [5.41, 5.74) is 0.794. The van der Waals surface area contributed by atoms with Crippen molar-refractivity contribution in [2.75, 3.05) is 7.11 Å². The predicted molar refractivity (Wildman–Crippen MR) is 69.5 cm³/mol. The lowest BCUT2D eigenvalue weighted by Crippen LogP contribution is -2.15. The molecule has 0 aliphatic rings. The summed E-state index contributed by atoms with van der Waals surface area (Å²) >= 11 is 3.19. The van der Waals surface area contributed by atoms with Crippen LogP contribution in [0.25, 0.3) is 0 Å². The molecular weight excluding hydrogens is 287 g/mol. The number of hydrogen-bond acceptors (Lipinski definition) is 2. The maximum atomic E-state index is 13.2. The van der Waals surface area contributed by atoms with E-state index in [2.05, 4.69) is 15.9 Å². The Morgan fingerprint density at radius 2 is 2.12 bits per heavy atom. The molecule has 1 aromatic rings. The Balaban J connectivity index is 2.50. The van der Waals surface area contributed by atoms with Gasteiger partial charge in [0.15, 0.2) is 0 Å². The molecule has 0 fully saturated rings. The highest BCUT2D eigenvalue weighted by Crippen LogP contribution is 2.22. The van der Waals surface area contributed by atoms with Crippen molar-refractivity contribution in [3.8, 4) is 0 Å². The van der Waals surface area contributed by atoms with Crippen LogP contribution in [0.1, 0.15) is 25.3 Å². The van der Waals surface area contributed by atoms with Gasteiger partial charge in [-0.2, -0.15) is 0 Å². The number of rotatable bonds is 6. The van der Waals surface area contributed by atoms with Crippen molar-refractivity contribution in [2.45, 2.75) is 38.4 Å². The Labute approximate surface area is 110 Å². The predicted octanol–water partition coefficient (Wildman–Crippen LogP) is 3.31. The van der Waals surface area contributed by atoms with E-state index in [0.29, 0.717) is 17.3 Å². The minimum Gasteiger partial charge on any atom is -0.393 e. The molecule has 2 nitrogen and oxygen atoms in total. The number of methoxy groups -OCH3 is 1. The average Bonchev–Trinajstić information content (AvgIpc) is 2.32. The SMILES string of the molecule is COC(C)CCC(O)Cc1cccc(F)c1Br. The van der Waals surface area contributed by atoms with Gasteiger partial charge >= 0.3 is 0 Å². The fourth-order valence-electron chi connectivity index (χ4n) is 1.61. The highest BCUT2D eigenvalue weighted by Gasteiger charge is 2.12. The van der Waals surface area contributed by atoms with Crippen molar-refractivity contribution < 1.29 is 14.2 Å². The van der Waals surface area contributed by atoms with Crippen molar-refractivity contribution in [3.63, 3.8) is 0 Å². The van der Waals surface area contributed by atoms with E-state index in [4.69, 9.17) is 4.74 Å². The van der Waals surface area contributed by atoms with Gasteiger partial charge in [-0.1, -0.05) is 12.1 Å². The third-order valence-corrected chi connectivity index (χ3v) is 3.68. The van der Waals surface area contributed by atoms with Gasteiger partial charge < -0.3 is 9.84 Å². The molecule has 2 atom stereocenters. The molecule has 0 bridgehead atoms. The fraction of sp³-hybridized carbons (Fsp3) is 0.538. The number of aliphatic hydroxyl groups is 1. The third-order valence-electron chi connectivity index (χ3n) is 2.80. The molecule has 2 unspecified atom stereocenters. The summed E-state index contributed by atoms with van der Waals surface area (Å²) in [5, 5.41) is 9.86. The van der Waals surface area contributed by atoms with Gasteiger partial charge in [-0.3, -0.25) is 0 Å². The first-order valence-electron chi connectivity index (χ1n) is 5.68. The third kappa shape index (κ3) is 4.74. The molecule has 0 aliphatic heterocycles. The van der Waals surface area contributed by atoms with Crippen molar-refractivity contribution in [1.82, 2.24) is 0 Å². The Morgan fingerprint density at radius 3 is 2.76 bits per heavy atom. The monoisotopic (exact) mass is 304 g/mol. The first kappa shape index (κ1) is 14.6. The molecule has 0 saturated carbocycles. The molecule has 4 heteroatoms. The normalized spacial score (nSPS) is 14.6. The average molecular weight is 305 g/mol. The number of aliphatic hydroxyl groups excluding tert-OH is 1. The minimum atomic E-state index is -0.467. The molecule has 1 aromatic carbocycles. The van der Waals surface area contributed by atoms with Gasteiger partial charge in [-0.05, 0) is 53.7 Å². The second kappa shape index (κ2) is 7.09. The Bertz CT molecular complexity index is 357. The second-order valence-corrected chi connectivity index (χ2v) is 4.99. The molecule has 0 aromatic heterocycles. The lowest BCUT2D eigenvalue weighted by Gasteiger charge is -2.14. The van der Waals surface area contributed by atoms with Gasteiger partial charge in [-0.25, -0.2) is 4.39 Å². The molecule has 1 N–H and O–H groups in total. The molecule has 0 amide bonds. The van der Waals surface area contributed by atoms with E-state index < -0.39 is 6.10 Å². The summed E-state index contributed by atoms with van der Waals surface area (Å²) in [7, 11) is 1.65. The Hall–Kier alpha value is -0.450. The maximum absolute atomic E-state index is 13.2. The van der Waals surface area contributed by atoms with Gasteiger partial charge in [0.1, 0.15) is 5.82 Å². The first-order chi connectivity index (χ1) is 8.04. The Morgan fingerprint density at radius 1 is 1.41 bits per heavy atom. The maximum Gasteiger partial charge on any atom is 0.137 e. The van der Waals surface area contributed by atoms with Crippen LogP contribution in [-0.4, -0.2) is 24.4 Å². The molecule has 0 aliphatic carbocycles. The van der Waals surface area contributed by atoms with E-state index in [1.54, 1.807) is 13.2 Å². The topological polar surface area (TPSA) is 29.5 Å². The fourth-order valence-corrected chi connectivity index (χ4v) is 2.03. The van der Waals surface area contributed by atoms with Crippen LogP contribution in [0.3, 0.4) is 0 Å². The smallest absolute Gasteiger partial charge is 0.137 e. The van der Waals surface area contributed by atoms with Crippen LogP contribution in [0.2, 0.25) is 0 Å². The molecule has 0 spiro atoms. The van der Waals surface area contributed by atoms with Gasteiger partial charge in [0.05, 0.1) is 16.7 Å². The lowest BCUT2D eigenvalue weighted by atomic mass is 10.0. The van der Waals surface area contributed by atoms with E-state index in [1.807, 2.05) is 13.0 Å². The first-order valence-corrected chi connectivity index (χ1v) is 6.47.